The molecule has 4 N–H and O–H groups in total. The van der Waals surface area contributed by atoms with E-state index in [9.17, 15) is 31.0 Å². The molecule has 0 spiro atoms. The fourth-order valence-corrected chi connectivity index (χ4v) is 3.76. The summed E-state index contributed by atoms with van der Waals surface area (Å²) in [6, 6.07) is 3.83. The molecule has 2 aromatic rings. The molecule has 9 nitrogen and oxygen atoms in total. The van der Waals surface area contributed by atoms with Crippen molar-refractivity contribution in [2.45, 2.75) is 17.3 Å². The third-order valence-corrected chi connectivity index (χ3v) is 5.88. The standard InChI is InChI=1S/C8H10AsNO5.C5H5F3N2OS/c1-5(11)10-7-4-2-3-6(8(7)12)9(13,14)15;1-10-3-4(2-9-10)12(11)5(6,7)8/h2-4,12H,1H3,(H,10,11)(H2,13,14,15);2-3H,1H3. The Morgan fingerprint density at radius 1 is 1.33 bits per heavy atom. The zero-order chi connectivity index (χ0) is 21.0. The molecule has 0 bridgehead atoms. The number of nitrogens with one attached hydrogen (secondary N) is 1. The van der Waals surface area contributed by atoms with Crippen LogP contribution in [0.5, 0.6) is 5.75 Å². The van der Waals surface area contributed by atoms with Crippen LogP contribution in [0.3, 0.4) is 0 Å². The van der Waals surface area contributed by atoms with Crippen molar-refractivity contribution >= 4 is 40.9 Å². The second-order valence-electron chi connectivity index (χ2n) is 4.96. The molecular weight excluding hydrogens is 458 g/mol. The Balaban J connectivity index is 0.000000277. The average molecular weight is 473 g/mol. The maximum atomic E-state index is 11.8. The molecule has 2 rings (SSSR count). The predicted octanol–water partition coefficient (Wildman–Crippen LogP) is -0.0409. The fourth-order valence-electron chi connectivity index (χ4n) is 1.69. The van der Waals surface area contributed by atoms with Crippen molar-refractivity contribution < 1.29 is 39.2 Å². The van der Waals surface area contributed by atoms with Crippen LogP contribution >= 0.6 is 0 Å². The number of hydrogen-bond acceptors (Lipinski definition) is 5. The first kappa shape index (κ1) is 23.0. The number of aryl methyl sites for hydroxylation is 1. The molecule has 0 aliphatic rings. The van der Waals surface area contributed by atoms with Gasteiger partial charge in [0.15, 0.2) is 10.8 Å². The van der Waals surface area contributed by atoms with Gasteiger partial charge in [0.1, 0.15) is 0 Å². The van der Waals surface area contributed by atoms with Crippen LogP contribution < -0.4 is 9.67 Å². The van der Waals surface area contributed by atoms with E-state index >= 15 is 0 Å². The molecule has 1 unspecified atom stereocenters. The normalized spacial score (nSPS) is 12.7. The molecule has 0 radical (unpaired) electrons. The van der Waals surface area contributed by atoms with Gasteiger partial charge in [-0.2, -0.15) is 18.3 Å². The van der Waals surface area contributed by atoms with Crippen molar-refractivity contribution in [3.05, 3.63) is 30.6 Å². The number of aromatic hydroxyl groups is 1. The van der Waals surface area contributed by atoms with Gasteiger partial charge >= 0.3 is 93.6 Å². The number of rotatable bonds is 3. The van der Waals surface area contributed by atoms with Crippen molar-refractivity contribution in [3.63, 3.8) is 0 Å². The molecule has 0 fully saturated rings. The van der Waals surface area contributed by atoms with Crippen LogP contribution in [0.1, 0.15) is 6.92 Å². The smallest absolute Gasteiger partial charge is 0.275 e. The number of halogens is 3. The molecule has 150 valence electrons. The summed E-state index contributed by atoms with van der Waals surface area (Å²) in [5.41, 5.74) is -4.71. The van der Waals surface area contributed by atoms with Gasteiger partial charge in [-0.05, 0) is 0 Å². The topological polar surface area (TPSA) is 142 Å². The molecule has 1 aromatic heterocycles. The molecule has 1 amide bonds. The molecule has 1 atom stereocenters. The summed E-state index contributed by atoms with van der Waals surface area (Å²) < 4.78 is 75.6. The van der Waals surface area contributed by atoms with Gasteiger partial charge < -0.3 is 0 Å². The Morgan fingerprint density at radius 3 is 2.33 bits per heavy atom. The van der Waals surface area contributed by atoms with Crippen LogP contribution in [0.15, 0.2) is 35.5 Å². The van der Waals surface area contributed by atoms with Crippen molar-refractivity contribution in [1.29, 1.82) is 0 Å². The Bertz CT molecular complexity index is 896. The fraction of sp³-hybridized carbons (Fsp3) is 0.231. The number of carbonyl (C=O) groups excluding carboxylic acids is 1. The number of para-hydroxylation sites is 1. The van der Waals surface area contributed by atoms with Gasteiger partial charge in [0, 0.05) is 13.2 Å². The summed E-state index contributed by atoms with van der Waals surface area (Å²) in [6.45, 7) is 1.23. The quantitative estimate of drug-likeness (QED) is 0.362. The second kappa shape index (κ2) is 8.74. The molecule has 0 aliphatic heterocycles. The first-order valence-corrected chi connectivity index (χ1v) is 11.4. The average Bonchev–Trinajstić information content (AvgIpc) is 2.93. The van der Waals surface area contributed by atoms with E-state index in [4.69, 9.17) is 8.19 Å². The van der Waals surface area contributed by atoms with E-state index in [-0.39, 0.29) is 10.6 Å². The Hall–Kier alpha value is -2.08. The van der Waals surface area contributed by atoms with Crippen molar-refractivity contribution in [2.75, 3.05) is 5.32 Å². The minimum Gasteiger partial charge on any atom is -0.275 e. The summed E-state index contributed by atoms with van der Waals surface area (Å²) in [7, 11) is -1.51. The van der Waals surface area contributed by atoms with Gasteiger partial charge in [-0.15, -0.1) is 0 Å². The summed E-state index contributed by atoms with van der Waals surface area (Å²) in [5, 5.41) is 15.2. The Kier molecular flexibility index (Phi) is 7.43. The molecular formula is C13H15AsF3N3O6S. The molecule has 27 heavy (non-hydrogen) atoms. The number of carbonyl (C=O) groups is 1. The number of anilines is 1. The van der Waals surface area contributed by atoms with Crippen LogP contribution in [0.25, 0.3) is 0 Å². The number of amides is 1. The third kappa shape index (κ3) is 6.86. The molecule has 0 saturated heterocycles. The first-order valence-electron chi connectivity index (χ1n) is 6.86. The van der Waals surface area contributed by atoms with Gasteiger partial charge in [0.2, 0.25) is 0 Å². The predicted molar refractivity (Wildman–Crippen MR) is 88.6 cm³/mol. The monoisotopic (exact) mass is 473 g/mol. The van der Waals surface area contributed by atoms with Crippen molar-refractivity contribution in [1.82, 2.24) is 9.78 Å². The zero-order valence-corrected chi connectivity index (χ0v) is 16.5. The molecule has 1 aromatic carbocycles. The van der Waals surface area contributed by atoms with E-state index in [1.54, 1.807) is 0 Å². The van der Waals surface area contributed by atoms with E-state index in [1.165, 1.54) is 30.8 Å². The van der Waals surface area contributed by atoms with Crippen LogP contribution in [0.4, 0.5) is 18.9 Å². The summed E-state index contributed by atoms with van der Waals surface area (Å²) in [6.07, 6.45) is 2.01. The van der Waals surface area contributed by atoms with E-state index in [0.717, 1.165) is 18.5 Å². The maximum absolute atomic E-state index is 11.8. The molecule has 0 aliphatic carbocycles. The number of benzene rings is 1. The van der Waals surface area contributed by atoms with Gasteiger partial charge in [0.25, 0.3) is 0 Å². The number of nitrogens with zero attached hydrogens (tertiary/aromatic N) is 2. The minimum atomic E-state index is -5.15. The van der Waals surface area contributed by atoms with E-state index in [2.05, 4.69) is 10.4 Å². The van der Waals surface area contributed by atoms with Gasteiger partial charge in [-0.1, -0.05) is 0 Å². The first-order chi connectivity index (χ1) is 12.2. The Labute approximate surface area is 156 Å². The summed E-state index contributed by atoms with van der Waals surface area (Å²) in [5.74, 6) is -1.01. The minimum absolute atomic E-state index is 0.00951. The molecule has 14 heteroatoms. The maximum Gasteiger partial charge on any atom is 0.475 e. The summed E-state index contributed by atoms with van der Waals surface area (Å²) in [4.78, 5) is 10.4. The van der Waals surface area contributed by atoms with Gasteiger partial charge in [-0.3, -0.25) is 4.68 Å². The second-order valence-corrected chi connectivity index (χ2v) is 9.73. The number of aromatic nitrogens is 2. The molecule has 0 saturated carbocycles. The largest absolute Gasteiger partial charge is 0.475 e. The number of phenolic OH excluding ortho intramolecular Hbond substituents is 1. The van der Waals surface area contributed by atoms with Crippen molar-refractivity contribution in [2.24, 2.45) is 7.05 Å². The van der Waals surface area contributed by atoms with Gasteiger partial charge in [0.05, 0.1) is 11.1 Å². The van der Waals surface area contributed by atoms with Crippen molar-refractivity contribution in [3.8, 4) is 5.75 Å². The van der Waals surface area contributed by atoms with Crippen LogP contribution in [-0.2, 0) is 26.4 Å². The molecule has 1 heterocycles. The summed E-state index contributed by atoms with van der Waals surface area (Å²) >= 11 is -5.15. The Morgan fingerprint density at radius 2 is 1.93 bits per heavy atom. The number of alkyl halides is 3. The van der Waals surface area contributed by atoms with Gasteiger partial charge in [-0.25, -0.2) is 4.21 Å². The SMILES string of the molecule is CC(=O)Nc1cccc([As](=O)(O)O)c1O.Cn1cc(S(=O)C(F)(F)F)cn1. The number of phenols is 1. The van der Waals surface area contributed by atoms with E-state index < -0.39 is 46.5 Å². The third-order valence-electron chi connectivity index (χ3n) is 2.74. The van der Waals surface area contributed by atoms with E-state index in [1.807, 2.05) is 0 Å². The van der Waals surface area contributed by atoms with Crippen LogP contribution in [0.2, 0.25) is 0 Å². The van der Waals surface area contributed by atoms with E-state index in [0.29, 0.717) is 0 Å². The number of hydrogen-bond donors (Lipinski definition) is 4. The van der Waals surface area contributed by atoms with Crippen LogP contribution in [0, 0.1) is 0 Å². The zero-order valence-electron chi connectivity index (χ0n) is 13.8. The van der Waals surface area contributed by atoms with Crippen LogP contribution in [-0.4, -0.2) is 52.9 Å².